The fourth-order valence-corrected chi connectivity index (χ4v) is 5.73. The monoisotopic (exact) mass is 532 g/mol. The van der Waals surface area contributed by atoms with Gasteiger partial charge in [0.25, 0.3) is 5.92 Å². The van der Waals surface area contributed by atoms with Crippen molar-refractivity contribution in [2.75, 3.05) is 26.7 Å². The third-order valence-electron chi connectivity index (χ3n) is 7.73. The Morgan fingerprint density at radius 2 is 1.74 bits per heavy atom. The quantitative estimate of drug-likeness (QED) is 0.377. The number of ether oxygens (including phenoxy) is 1. The van der Waals surface area contributed by atoms with Crippen LogP contribution < -0.4 is 4.74 Å². The molecular weight excluding hydrogens is 502 g/mol. The zero-order valence-corrected chi connectivity index (χ0v) is 21.8. The van der Waals surface area contributed by atoms with E-state index in [1.165, 1.54) is 0 Å². The molecule has 3 aromatic rings. The molecule has 2 aromatic carbocycles. The molecule has 0 unspecified atom stereocenters. The number of benzene rings is 2. The van der Waals surface area contributed by atoms with E-state index in [0.717, 1.165) is 41.0 Å². The first-order chi connectivity index (χ1) is 18.8. The minimum Gasteiger partial charge on any atom is -0.497 e. The molecule has 0 aliphatic carbocycles. The summed E-state index contributed by atoms with van der Waals surface area (Å²) in [6.07, 6.45) is 2.98. The average molecular weight is 533 g/mol. The number of fused-ring (bicyclic) bond motifs is 1. The van der Waals surface area contributed by atoms with Crippen LogP contribution in [-0.2, 0) is 4.79 Å². The summed E-state index contributed by atoms with van der Waals surface area (Å²) in [6, 6.07) is 16.9. The number of amides is 1. The summed E-state index contributed by atoms with van der Waals surface area (Å²) in [7, 11) is 1.60. The Labute approximate surface area is 226 Å². The summed E-state index contributed by atoms with van der Waals surface area (Å²) in [5.41, 5.74) is 1.20. The van der Waals surface area contributed by atoms with Gasteiger partial charge in [0, 0.05) is 43.1 Å². The van der Waals surface area contributed by atoms with Crippen LogP contribution in [-0.4, -0.2) is 64.8 Å². The number of likely N-dealkylation sites (tertiary alicyclic amines) is 2. The Morgan fingerprint density at radius 1 is 1.03 bits per heavy atom. The highest BCUT2D eigenvalue weighted by Crippen LogP contribution is 2.43. The number of halogens is 2. The van der Waals surface area contributed by atoms with Gasteiger partial charge in [0.1, 0.15) is 11.8 Å². The van der Waals surface area contributed by atoms with Gasteiger partial charge in [0.2, 0.25) is 5.91 Å². The largest absolute Gasteiger partial charge is 0.497 e. The SMILES string of the molecule is COc1ccc(-c2ccc3nccc(C(=O)CCC(=O)N4CC(F)(F)C[C@]4(C#N)N4CCCCC4)c3c2)cc1. The summed E-state index contributed by atoms with van der Waals surface area (Å²) in [4.78, 5) is 33.7. The molecule has 202 valence electrons. The standard InChI is InChI=1S/C30H30F2N4O3/c1-39-23-8-5-21(6-9-23)22-7-10-26-25(17-22)24(13-14-34-26)27(37)11-12-28(38)36-20-29(31,32)18-30(36,19-33)35-15-3-2-4-16-35/h5-10,13-14,17H,2-4,11-12,15-16,18,20H2,1H3/t30-/m0/s1. The maximum atomic E-state index is 14.6. The van der Waals surface area contributed by atoms with Gasteiger partial charge in [-0.15, -0.1) is 0 Å². The number of pyridine rings is 1. The van der Waals surface area contributed by atoms with Crippen molar-refractivity contribution >= 4 is 22.6 Å². The van der Waals surface area contributed by atoms with Crippen molar-refractivity contribution in [3.8, 4) is 22.9 Å². The van der Waals surface area contributed by atoms with E-state index in [-0.39, 0.29) is 18.6 Å². The molecule has 5 rings (SSSR count). The van der Waals surface area contributed by atoms with Crippen molar-refractivity contribution in [2.45, 2.75) is 50.1 Å². The Morgan fingerprint density at radius 3 is 2.44 bits per heavy atom. The molecule has 39 heavy (non-hydrogen) atoms. The summed E-state index contributed by atoms with van der Waals surface area (Å²) >= 11 is 0. The number of piperidine rings is 1. The molecule has 2 saturated heterocycles. The van der Waals surface area contributed by atoms with Crippen LogP contribution in [0.4, 0.5) is 8.78 Å². The highest BCUT2D eigenvalue weighted by Gasteiger charge is 2.60. The minimum atomic E-state index is -3.16. The fraction of sp³-hybridized carbons (Fsp3) is 0.400. The predicted octanol–water partition coefficient (Wildman–Crippen LogP) is 5.45. The van der Waals surface area contributed by atoms with E-state index in [9.17, 15) is 23.6 Å². The van der Waals surface area contributed by atoms with Crippen molar-refractivity contribution in [1.82, 2.24) is 14.8 Å². The molecule has 1 amide bonds. The lowest BCUT2D eigenvalue weighted by molar-refractivity contribution is -0.140. The molecule has 1 aromatic heterocycles. The van der Waals surface area contributed by atoms with Crippen LogP contribution in [0.2, 0.25) is 0 Å². The Hall–Kier alpha value is -3.90. The van der Waals surface area contributed by atoms with E-state index >= 15 is 0 Å². The number of alkyl halides is 2. The van der Waals surface area contributed by atoms with Gasteiger partial charge in [0.05, 0.1) is 25.6 Å². The summed E-state index contributed by atoms with van der Waals surface area (Å²) in [5.74, 6) is -3.32. The number of ketones is 1. The first-order valence-electron chi connectivity index (χ1n) is 13.2. The lowest BCUT2D eigenvalue weighted by atomic mass is 9.97. The number of nitrogens with zero attached hydrogens (tertiary/aromatic N) is 4. The summed E-state index contributed by atoms with van der Waals surface area (Å²) < 4.78 is 34.4. The van der Waals surface area contributed by atoms with Crippen LogP contribution in [0.25, 0.3) is 22.0 Å². The number of carbonyl (C=O) groups excluding carboxylic acids is 2. The van der Waals surface area contributed by atoms with Gasteiger partial charge in [-0.05, 0) is 54.3 Å². The number of aromatic nitrogens is 1. The third kappa shape index (κ3) is 5.21. The maximum Gasteiger partial charge on any atom is 0.270 e. The van der Waals surface area contributed by atoms with Gasteiger partial charge in [-0.2, -0.15) is 5.26 Å². The van der Waals surface area contributed by atoms with Crippen molar-refractivity contribution in [1.29, 1.82) is 5.26 Å². The Balaban J connectivity index is 1.36. The second-order valence-electron chi connectivity index (χ2n) is 10.2. The van der Waals surface area contributed by atoms with Crippen LogP contribution in [0.15, 0.2) is 54.7 Å². The van der Waals surface area contributed by atoms with E-state index < -0.39 is 30.5 Å². The van der Waals surface area contributed by atoms with E-state index in [2.05, 4.69) is 11.1 Å². The Kier molecular flexibility index (Phi) is 7.32. The van der Waals surface area contributed by atoms with E-state index in [1.807, 2.05) is 42.5 Å². The van der Waals surface area contributed by atoms with Gasteiger partial charge in [0.15, 0.2) is 11.4 Å². The number of rotatable bonds is 7. The van der Waals surface area contributed by atoms with Crippen molar-refractivity contribution in [3.63, 3.8) is 0 Å². The molecule has 2 fully saturated rings. The minimum absolute atomic E-state index is 0.158. The molecule has 0 saturated carbocycles. The highest BCUT2D eigenvalue weighted by atomic mass is 19.3. The highest BCUT2D eigenvalue weighted by molar-refractivity contribution is 6.08. The maximum absolute atomic E-state index is 14.6. The molecule has 1 atom stereocenters. The molecule has 0 bridgehead atoms. The molecule has 7 nitrogen and oxygen atoms in total. The molecule has 2 aliphatic rings. The molecule has 0 N–H and O–H groups in total. The lowest BCUT2D eigenvalue weighted by Crippen LogP contribution is -2.59. The fourth-order valence-electron chi connectivity index (χ4n) is 5.73. The second kappa shape index (κ2) is 10.7. The number of carbonyl (C=O) groups is 2. The van der Waals surface area contributed by atoms with E-state index in [1.54, 1.807) is 24.3 Å². The summed E-state index contributed by atoms with van der Waals surface area (Å²) in [6.45, 7) is 0.172. The number of hydrogen-bond acceptors (Lipinski definition) is 6. The lowest BCUT2D eigenvalue weighted by Gasteiger charge is -2.43. The van der Waals surface area contributed by atoms with Gasteiger partial charge in [-0.25, -0.2) is 8.78 Å². The van der Waals surface area contributed by atoms with E-state index in [0.29, 0.717) is 29.6 Å². The van der Waals surface area contributed by atoms with Gasteiger partial charge < -0.3 is 9.64 Å². The van der Waals surface area contributed by atoms with Crippen LogP contribution in [0, 0.1) is 11.3 Å². The van der Waals surface area contributed by atoms with Gasteiger partial charge in [-0.1, -0.05) is 24.6 Å². The number of hydrogen-bond donors (Lipinski definition) is 0. The number of Topliss-reactive ketones (excluding diaryl/α,β-unsaturated/α-hetero) is 1. The van der Waals surface area contributed by atoms with Crippen LogP contribution in [0.1, 0.15) is 48.9 Å². The van der Waals surface area contributed by atoms with Gasteiger partial charge in [-0.3, -0.25) is 19.5 Å². The molecule has 9 heteroatoms. The van der Waals surface area contributed by atoms with Crippen LogP contribution in [0.3, 0.4) is 0 Å². The molecule has 0 spiro atoms. The smallest absolute Gasteiger partial charge is 0.270 e. The predicted molar refractivity (Wildman–Crippen MR) is 142 cm³/mol. The Bertz CT molecular complexity index is 1430. The first kappa shape index (κ1) is 26.7. The number of methoxy groups -OCH3 is 1. The van der Waals surface area contributed by atoms with Crippen molar-refractivity contribution in [3.05, 3.63) is 60.3 Å². The van der Waals surface area contributed by atoms with Crippen LogP contribution in [0.5, 0.6) is 5.75 Å². The second-order valence-corrected chi connectivity index (χ2v) is 10.2. The normalized spacial score (nSPS) is 21.0. The van der Waals surface area contributed by atoms with E-state index in [4.69, 9.17) is 4.74 Å². The summed E-state index contributed by atoms with van der Waals surface area (Å²) in [5, 5.41) is 10.7. The number of nitriles is 1. The van der Waals surface area contributed by atoms with Crippen molar-refractivity contribution < 1.29 is 23.1 Å². The third-order valence-corrected chi connectivity index (χ3v) is 7.73. The zero-order chi connectivity index (χ0) is 27.6. The first-order valence-corrected chi connectivity index (χ1v) is 13.2. The molecule has 2 aliphatic heterocycles. The zero-order valence-electron chi connectivity index (χ0n) is 21.8. The molecular formula is C30H30F2N4O3. The van der Waals surface area contributed by atoms with Gasteiger partial charge >= 0.3 is 0 Å². The average Bonchev–Trinajstić information content (AvgIpc) is 3.27. The topological polar surface area (TPSA) is 86.5 Å². The van der Waals surface area contributed by atoms with Crippen molar-refractivity contribution in [2.24, 2.45) is 0 Å². The van der Waals surface area contributed by atoms with Crippen LogP contribution >= 0.6 is 0 Å². The molecule has 0 radical (unpaired) electrons. The molecule has 3 heterocycles.